The van der Waals surface area contributed by atoms with Crippen LogP contribution in [0.3, 0.4) is 0 Å². The molecule has 0 unspecified atom stereocenters. The standard InChI is InChI=1S/C20H17FN6O3/c21-15-10-24-20(26-13-3-1-2-12(8-13)23-11-18(22)28)27-19(15)25-14-4-5-16-17(9-14)30-7-6-29-16/h1-5,8-11H,6-7H2,(H2,22,28)(H2,24,25,26,27). The zero-order chi connectivity index (χ0) is 20.9. The summed E-state index contributed by atoms with van der Waals surface area (Å²) < 4.78 is 25.3. The summed E-state index contributed by atoms with van der Waals surface area (Å²) in [7, 11) is 0. The van der Waals surface area contributed by atoms with Gasteiger partial charge in [-0.25, -0.2) is 9.37 Å². The van der Waals surface area contributed by atoms with Gasteiger partial charge in [-0.1, -0.05) is 6.07 Å². The van der Waals surface area contributed by atoms with Gasteiger partial charge in [0.2, 0.25) is 5.95 Å². The fourth-order valence-electron chi connectivity index (χ4n) is 2.70. The van der Waals surface area contributed by atoms with Gasteiger partial charge in [0.15, 0.2) is 23.1 Å². The molecule has 0 bridgehead atoms. The summed E-state index contributed by atoms with van der Waals surface area (Å²) in [5.41, 5.74) is 6.75. The van der Waals surface area contributed by atoms with Gasteiger partial charge in [-0.3, -0.25) is 9.79 Å². The fourth-order valence-corrected chi connectivity index (χ4v) is 2.70. The first-order valence-corrected chi connectivity index (χ1v) is 8.96. The minimum Gasteiger partial charge on any atom is -0.486 e. The molecule has 0 radical (unpaired) electrons. The number of nitrogens with two attached hydrogens (primary N) is 1. The lowest BCUT2D eigenvalue weighted by Gasteiger charge is -2.19. The number of anilines is 4. The predicted molar refractivity (Wildman–Crippen MR) is 110 cm³/mol. The van der Waals surface area contributed by atoms with E-state index in [1.165, 1.54) is 0 Å². The lowest BCUT2D eigenvalue weighted by atomic mass is 10.2. The number of halogens is 1. The Labute approximate surface area is 170 Å². The highest BCUT2D eigenvalue weighted by Gasteiger charge is 2.13. The van der Waals surface area contributed by atoms with Crippen molar-refractivity contribution in [1.82, 2.24) is 9.97 Å². The van der Waals surface area contributed by atoms with Crippen molar-refractivity contribution in [3.05, 3.63) is 54.5 Å². The van der Waals surface area contributed by atoms with E-state index in [-0.39, 0.29) is 11.8 Å². The molecule has 4 N–H and O–H groups in total. The average Bonchev–Trinajstić information content (AvgIpc) is 2.75. The van der Waals surface area contributed by atoms with Gasteiger partial charge in [0.1, 0.15) is 13.2 Å². The van der Waals surface area contributed by atoms with Crippen LogP contribution in [0, 0.1) is 5.82 Å². The molecule has 0 saturated heterocycles. The van der Waals surface area contributed by atoms with Crippen LogP contribution in [0.4, 0.5) is 33.2 Å². The van der Waals surface area contributed by atoms with Crippen molar-refractivity contribution in [3.8, 4) is 11.5 Å². The number of amides is 1. The van der Waals surface area contributed by atoms with E-state index in [1.54, 1.807) is 42.5 Å². The molecule has 2 heterocycles. The van der Waals surface area contributed by atoms with Crippen LogP contribution in [0.15, 0.2) is 53.7 Å². The second-order valence-corrected chi connectivity index (χ2v) is 6.21. The molecule has 1 amide bonds. The summed E-state index contributed by atoms with van der Waals surface area (Å²) >= 11 is 0. The first-order valence-electron chi connectivity index (χ1n) is 8.96. The molecule has 1 aliphatic rings. The molecule has 4 rings (SSSR count). The van der Waals surface area contributed by atoms with E-state index in [2.05, 4.69) is 25.6 Å². The summed E-state index contributed by atoms with van der Waals surface area (Å²) in [6.45, 7) is 0.944. The number of fused-ring (bicyclic) bond motifs is 1. The lowest BCUT2D eigenvalue weighted by molar-refractivity contribution is -0.111. The number of aromatic nitrogens is 2. The van der Waals surface area contributed by atoms with Crippen molar-refractivity contribution in [1.29, 1.82) is 0 Å². The molecular formula is C20H17FN6O3. The molecule has 30 heavy (non-hydrogen) atoms. The Morgan fingerprint density at radius 1 is 1.10 bits per heavy atom. The summed E-state index contributed by atoms with van der Waals surface area (Å²) in [6, 6.07) is 12.0. The van der Waals surface area contributed by atoms with Crippen LogP contribution in [-0.4, -0.2) is 35.3 Å². The number of ether oxygens (including phenoxy) is 2. The molecule has 0 aliphatic carbocycles. The number of primary amides is 1. The molecule has 0 atom stereocenters. The Hall–Kier alpha value is -4.21. The molecule has 0 spiro atoms. The zero-order valence-electron chi connectivity index (χ0n) is 15.6. The topological polar surface area (TPSA) is 124 Å². The average molecular weight is 408 g/mol. The highest BCUT2D eigenvalue weighted by atomic mass is 19.1. The largest absolute Gasteiger partial charge is 0.486 e. The van der Waals surface area contributed by atoms with E-state index in [9.17, 15) is 9.18 Å². The lowest BCUT2D eigenvalue weighted by Crippen LogP contribution is -2.15. The second kappa shape index (κ2) is 8.43. The fraction of sp³-hybridized carbons (Fsp3) is 0.100. The maximum Gasteiger partial charge on any atom is 0.259 e. The third kappa shape index (κ3) is 4.61. The van der Waals surface area contributed by atoms with Crippen molar-refractivity contribution >= 4 is 41.0 Å². The van der Waals surface area contributed by atoms with Crippen molar-refractivity contribution in [2.75, 3.05) is 23.8 Å². The van der Waals surface area contributed by atoms with Gasteiger partial charge in [0.25, 0.3) is 5.91 Å². The maximum absolute atomic E-state index is 14.2. The highest BCUT2D eigenvalue weighted by Crippen LogP contribution is 2.33. The highest BCUT2D eigenvalue weighted by molar-refractivity contribution is 6.26. The normalized spacial score (nSPS) is 12.6. The molecule has 3 aromatic rings. The number of hydrogen-bond donors (Lipinski definition) is 3. The van der Waals surface area contributed by atoms with Gasteiger partial charge in [-0.2, -0.15) is 4.98 Å². The van der Waals surface area contributed by atoms with Gasteiger partial charge in [0.05, 0.1) is 18.1 Å². The SMILES string of the molecule is NC(=O)C=Nc1cccc(Nc2ncc(F)c(Nc3ccc4c(c3)OCCO4)n2)c1. The Morgan fingerprint density at radius 2 is 1.90 bits per heavy atom. The number of aliphatic imine (C=N–C) groups is 1. The van der Waals surface area contributed by atoms with Crippen molar-refractivity contribution in [2.45, 2.75) is 0 Å². The Morgan fingerprint density at radius 3 is 2.73 bits per heavy atom. The molecule has 9 nitrogen and oxygen atoms in total. The smallest absolute Gasteiger partial charge is 0.259 e. The van der Waals surface area contributed by atoms with Crippen LogP contribution in [0.5, 0.6) is 11.5 Å². The first-order chi connectivity index (χ1) is 14.6. The van der Waals surface area contributed by atoms with Crippen molar-refractivity contribution < 1.29 is 18.7 Å². The van der Waals surface area contributed by atoms with E-state index in [1.807, 2.05) is 0 Å². The maximum atomic E-state index is 14.2. The molecule has 152 valence electrons. The minimum absolute atomic E-state index is 0.00733. The number of carbonyl (C=O) groups is 1. The Bertz CT molecular complexity index is 1120. The first kappa shape index (κ1) is 19.1. The van der Waals surface area contributed by atoms with Gasteiger partial charge in [-0.15, -0.1) is 0 Å². The monoisotopic (exact) mass is 408 g/mol. The molecule has 2 aromatic carbocycles. The van der Waals surface area contributed by atoms with E-state index in [4.69, 9.17) is 15.2 Å². The quantitative estimate of drug-likeness (QED) is 0.536. The van der Waals surface area contributed by atoms with Crippen LogP contribution < -0.4 is 25.8 Å². The summed E-state index contributed by atoms with van der Waals surface area (Å²) in [5.74, 6) is 0.114. The molecule has 1 aliphatic heterocycles. The van der Waals surface area contributed by atoms with Crippen molar-refractivity contribution in [2.24, 2.45) is 10.7 Å². The van der Waals surface area contributed by atoms with Gasteiger partial charge in [0, 0.05) is 17.4 Å². The van der Waals surface area contributed by atoms with E-state index >= 15 is 0 Å². The molecule has 1 aromatic heterocycles. The summed E-state index contributed by atoms with van der Waals surface area (Å²) in [5, 5.41) is 5.89. The number of rotatable bonds is 6. The van der Waals surface area contributed by atoms with Crippen molar-refractivity contribution in [3.63, 3.8) is 0 Å². The van der Waals surface area contributed by atoms with Crippen LogP contribution in [-0.2, 0) is 4.79 Å². The number of hydrogen-bond acceptors (Lipinski definition) is 8. The molecule has 0 saturated carbocycles. The Kier molecular flexibility index (Phi) is 5.37. The second-order valence-electron chi connectivity index (χ2n) is 6.21. The predicted octanol–water partition coefficient (Wildman–Crippen LogP) is 3.06. The number of benzene rings is 2. The third-order valence-electron chi connectivity index (χ3n) is 3.99. The van der Waals surface area contributed by atoms with Gasteiger partial charge < -0.3 is 25.8 Å². The number of carbonyl (C=O) groups excluding carboxylic acids is 1. The van der Waals surface area contributed by atoms with Crippen LogP contribution in [0.1, 0.15) is 0 Å². The van der Waals surface area contributed by atoms with E-state index < -0.39 is 11.7 Å². The molecule has 10 heteroatoms. The third-order valence-corrected chi connectivity index (χ3v) is 3.99. The minimum atomic E-state index is -0.648. The number of nitrogens with one attached hydrogen (secondary N) is 2. The van der Waals surface area contributed by atoms with Crippen LogP contribution in [0.25, 0.3) is 0 Å². The van der Waals surface area contributed by atoms with Gasteiger partial charge >= 0.3 is 0 Å². The van der Waals surface area contributed by atoms with Gasteiger partial charge in [-0.05, 0) is 30.3 Å². The molecular weight excluding hydrogens is 391 g/mol. The summed E-state index contributed by atoms with van der Waals surface area (Å²) in [6.07, 6.45) is 2.08. The Balaban J connectivity index is 1.52. The van der Waals surface area contributed by atoms with E-state index in [0.29, 0.717) is 41.8 Å². The van der Waals surface area contributed by atoms with Crippen LogP contribution >= 0.6 is 0 Å². The molecule has 0 fully saturated rings. The van der Waals surface area contributed by atoms with E-state index in [0.717, 1.165) is 12.4 Å². The summed E-state index contributed by atoms with van der Waals surface area (Å²) in [4.78, 5) is 22.9. The number of nitrogens with zero attached hydrogens (tertiary/aromatic N) is 3. The zero-order valence-corrected chi connectivity index (χ0v) is 15.6. The van der Waals surface area contributed by atoms with Crippen LogP contribution in [0.2, 0.25) is 0 Å².